The molecule has 82 valence electrons. The molecule has 0 aromatic heterocycles. The fraction of sp³-hybridized carbons (Fsp3) is 0.750. The zero-order valence-corrected chi connectivity index (χ0v) is 9.21. The van der Waals surface area contributed by atoms with Gasteiger partial charge in [-0.1, -0.05) is 19.3 Å². The van der Waals surface area contributed by atoms with Gasteiger partial charge in [-0.15, -0.1) is 0 Å². The standard InChI is InChI=1S/C12H19N3/c13-8-10-9-15(7-6-12(10)14)11-4-2-1-3-5-11/h11H,1-7,9,14H2. The average Bonchev–Trinajstić information content (AvgIpc) is 2.31. The van der Waals surface area contributed by atoms with Gasteiger partial charge in [0.15, 0.2) is 0 Å². The van der Waals surface area contributed by atoms with Gasteiger partial charge in [0.1, 0.15) is 0 Å². The largest absolute Gasteiger partial charge is 0.401 e. The smallest absolute Gasteiger partial charge is 0.0979 e. The van der Waals surface area contributed by atoms with Crippen LogP contribution in [-0.4, -0.2) is 24.0 Å². The molecule has 2 rings (SSSR count). The number of hydrogen-bond acceptors (Lipinski definition) is 3. The first-order chi connectivity index (χ1) is 7.31. The highest BCUT2D eigenvalue weighted by atomic mass is 15.2. The summed E-state index contributed by atoms with van der Waals surface area (Å²) < 4.78 is 0. The maximum atomic E-state index is 8.96. The maximum absolute atomic E-state index is 8.96. The number of nitrogens with two attached hydrogens (primary N) is 1. The van der Waals surface area contributed by atoms with Gasteiger partial charge < -0.3 is 5.73 Å². The summed E-state index contributed by atoms with van der Waals surface area (Å²) in [4.78, 5) is 2.45. The van der Waals surface area contributed by atoms with Crippen LogP contribution in [-0.2, 0) is 0 Å². The van der Waals surface area contributed by atoms with Gasteiger partial charge in [-0.3, -0.25) is 4.90 Å². The number of nitrogens with zero attached hydrogens (tertiary/aromatic N) is 2. The normalized spacial score (nSPS) is 25.3. The van der Waals surface area contributed by atoms with Crippen LogP contribution in [0.25, 0.3) is 0 Å². The Kier molecular flexibility index (Phi) is 3.27. The third-order valence-corrected chi connectivity index (χ3v) is 3.64. The van der Waals surface area contributed by atoms with E-state index in [1.54, 1.807) is 0 Å². The molecule has 3 heteroatoms. The summed E-state index contributed by atoms with van der Waals surface area (Å²) in [6.45, 7) is 1.83. The van der Waals surface area contributed by atoms with Crippen LogP contribution in [0.2, 0.25) is 0 Å². The van der Waals surface area contributed by atoms with E-state index < -0.39 is 0 Å². The molecule has 1 aliphatic heterocycles. The topological polar surface area (TPSA) is 53.1 Å². The van der Waals surface area contributed by atoms with Crippen molar-refractivity contribution in [2.75, 3.05) is 13.1 Å². The molecule has 1 fully saturated rings. The predicted molar refractivity (Wildman–Crippen MR) is 59.9 cm³/mol. The fourth-order valence-electron chi connectivity index (χ4n) is 2.66. The molecule has 0 unspecified atom stereocenters. The van der Waals surface area contributed by atoms with Crippen molar-refractivity contribution in [1.29, 1.82) is 5.26 Å². The number of nitriles is 1. The molecule has 0 aromatic carbocycles. The molecule has 0 saturated heterocycles. The lowest BCUT2D eigenvalue weighted by Gasteiger charge is -2.36. The molecule has 0 atom stereocenters. The van der Waals surface area contributed by atoms with Gasteiger partial charge in [0.05, 0.1) is 11.6 Å². The van der Waals surface area contributed by atoms with Crippen molar-refractivity contribution in [3.8, 4) is 6.07 Å². The van der Waals surface area contributed by atoms with Crippen molar-refractivity contribution in [3.63, 3.8) is 0 Å². The molecule has 0 bridgehead atoms. The summed E-state index contributed by atoms with van der Waals surface area (Å²) >= 11 is 0. The molecule has 2 N–H and O–H groups in total. The van der Waals surface area contributed by atoms with Crippen LogP contribution >= 0.6 is 0 Å². The average molecular weight is 205 g/mol. The second-order valence-electron chi connectivity index (χ2n) is 4.63. The van der Waals surface area contributed by atoms with Crippen molar-refractivity contribution < 1.29 is 0 Å². The molecular formula is C12H19N3. The van der Waals surface area contributed by atoms with Crippen LogP contribution in [0.15, 0.2) is 11.3 Å². The monoisotopic (exact) mass is 205 g/mol. The van der Waals surface area contributed by atoms with Crippen molar-refractivity contribution in [3.05, 3.63) is 11.3 Å². The molecule has 1 aliphatic carbocycles. The van der Waals surface area contributed by atoms with E-state index in [4.69, 9.17) is 11.0 Å². The summed E-state index contributed by atoms with van der Waals surface area (Å²) in [5, 5.41) is 8.96. The van der Waals surface area contributed by atoms with Gasteiger partial charge in [0, 0.05) is 31.2 Å². The SMILES string of the molecule is N#CC1=C(N)CCN(C2CCCCC2)C1. The fourth-order valence-corrected chi connectivity index (χ4v) is 2.66. The minimum absolute atomic E-state index is 0.704. The van der Waals surface area contributed by atoms with E-state index in [-0.39, 0.29) is 0 Å². The molecule has 1 saturated carbocycles. The number of rotatable bonds is 1. The molecule has 0 amide bonds. The number of hydrogen-bond donors (Lipinski definition) is 1. The highest BCUT2D eigenvalue weighted by molar-refractivity contribution is 5.29. The highest BCUT2D eigenvalue weighted by Crippen LogP contribution is 2.25. The Bertz CT molecular complexity index is 294. The Morgan fingerprint density at radius 3 is 2.67 bits per heavy atom. The minimum atomic E-state index is 0.704. The third kappa shape index (κ3) is 2.32. The summed E-state index contributed by atoms with van der Waals surface area (Å²) in [6.07, 6.45) is 7.56. The van der Waals surface area contributed by atoms with Gasteiger partial charge >= 0.3 is 0 Å². The molecule has 0 spiro atoms. The predicted octanol–water partition coefficient (Wildman–Crippen LogP) is 1.76. The Hall–Kier alpha value is -1.01. The lowest BCUT2D eigenvalue weighted by atomic mass is 9.92. The summed E-state index contributed by atoms with van der Waals surface area (Å²) in [7, 11) is 0. The molecule has 3 nitrogen and oxygen atoms in total. The first kappa shape index (κ1) is 10.5. The van der Waals surface area contributed by atoms with Crippen LogP contribution in [0.5, 0.6) is 0 Å². The van der Waals surface area contributed by atoms with Gasteiger partial charge in [-0.05, 0) is 12.8 Å². The quantitative estimate of drug-likeness (QED) is 0.709. The van der Waals surface area contributed by atoms with Crippen LogP contribution in [0.3, 0.4) is 0 Å². The van der Waals surface area contributed by atoms with Gasteiger partial charge in [-0.2, -0.15) is 5.26 Å². The van der Waals surface area contributed by atoms with Gasteiger partial charge in [0.25, 0.3) is 0 Å². The molecule has 0 radical (unpaired) electrons. The third-order valence-electron chi connectivity index (χ3n) is 3.64. The van der Waals surface area contributed by atoms with E-state index in [9.17, 15) is 0 Å². The lowest BCUT2D eigenvalue weighted by molar-refractivity contribution is 0.164. The maximum Gasteiger partial charge on any atom is 0.0979 e. The lowest BCUT2D eigenvalue weighted by Crippen LogP contribution is -2.42. The van der Waals surface area contributed by atoms with E-state index in [1.807, 2.05) is 0 Å². The molecule has 15 heavy (non-hydrogen) atoms. The van der Waals surface area contributed by atoms with Crippen molar-refractivity contribution in [2.45, 2.75) is 44.6 Å². The van der Waals surface area contributed by atoms with Crippen molar-refractivity contribution >= 4 is 0 Å². The summed E-state index contributed by atoms with van der Waals surface area (Å²) in [6, 6.07) is 2.94. The second-order valence-corrected chi connectivity index (χ2v) is 4.63. The Balaban J connectivity index is 1.98. The molecule has 2 aliphatic rings. The Labute approximate surface area is 91.5 Å². The van der Waals surface area contributed by atoms with E-state index in [1.165, 1.54) is 32.1 Å². The van der Waals surface area contributed by atoms with Gasteiger partial charge in [0.2, 0.25) is 0 Å². The van der Waals surface area contributed by atoms with Crippen LogP contribution in [0, 0.1) is 11.3 Å². The first-order valence-electron chi connectivity index (χ1n) is 5.93. The summed E-state index contributed by atoms with van der Waals surface area (Å²) in [5.41, 5.74) is 7.42. The minimum Gasteiger partial charge on any atom is -0.401 e. The van der Waals surface area contributed by atoms with E-state index in [2.05, 4.69) is 11.0 Å². The molecule has 1 heterocycles. The zero-order valence-electron chi connectivity index (χ0n) is 9.21. The van der Waals surface area contributed by atoms with Crippen molar-refractivity contribution in [1.82, 2.24) is 4.90 Å². The van der Waals surface area contributed by atoms with Crippen LogP contribution in [0.4, 0.5) is 0 Å². The van der Waals surface area contributed by atoms with E-state index in [0.717, 1.165) is 30.8 Å². The highest BCUT2D eigenvalue weighted by Gasteiger charge is 2.25. The first-order valence-corrected chi connectivity index (χ1v) is 5.93. The summed E-state index contributed by atoms with van der Waals surface area (Å²) in [5.74, 6) is 0. The molecule has 0 aromatic rings. The van der Waals surface area contributed by atoms with Gasteiger partial charge in [-0.25, -0.2) is 0 Å². The van der Waals surface area contributed by atoms with Crippen LogP contribution < -0.4 is 5.73 Å². The van der Waals surface area contributed by atoms with Crippen LogP contribution in [0.1, 0.15) is 38.5 Å². The van der Waals surface area contributed by atoms with E-state index >= 15 is 0 Å². The second kappa shape index (κ2) is 4.67. The Morgan fingerprint density at radius 2 is 2.00 bits per heavy atom. The zero-order chi connectivity index (χ0) is 10.7. The Morgan fingerprint density at radius 1 is 1.27 bits per heavy atom. The molecular weight excluding hydrogens is 186 g/mol. The van der Waals surface area contributed by atoms with E-state index in [0.29, 0.717) is 6.04 Å². The van der Waals surface area contributed by atoms with Crippen molar-refractivity contribution in [2.24, 2.45) is 5.73 Å².